The molecule has 1 aromatic carbocycles. The van der Waals surface area contributed by atoms with Gasteiger partial charge in [0, 0.05) is 12.0 Å². The normalized spacial score (nSPS) is 14.2. The highest BCUT2D eigenvalue weighted by Crippen LogP contribution is 2.39. The average molecular weight is 273 g/mol. The topological polar surface area (TPSA) is 77.2 Å². The van der Waals surface area contributed by atoms with Crippen LogP contribution in [0.5, 0.6) is 5.75 Å². The molecule has 3 rings (SSSR count). The van der Waals surface area contributed by atoms with Gasteiger partial charge in [0.25, 0.3) is 5.82 Å². The zero-order valence-corrected chi connectivity index (χ0v) is 11.1. The van der Waals surface area contributed by atoms with Gasteiger partial charge in [-0.2, -0.15) is 0 Å². The highest BCUT2D eigenvalue weighted by molar-refractivity contribution is 5.83. The summed E-state index contributed by atoms with van der Waals surface area (Å²) in [4.78, 5) is 15.2. The number of hydrogen-bond acceptors (Lipinski definition) is 4. The first kappa shape index (κ1) is 12.7. The summed E-state index contributed by atoms with van der Waals surface area (Å²) in [6, 6.07) is 7.43. The number of carboxylic acids is 1. The summed E-state index contributed by atoms with van der Waals surface area (Å²) in [5.74, 6) is 0.502. The van der Waals surface area contributed by atoms with Crippen molar-refractivity contribution in [3.63, 3.8) is 0 Å². The van der Waals surface area contributed by atoms with Crippen molar-refractivity contribution < 1.29 is 14.6 Å². The van der Waals surface area contributed by atoms with E-state index < -0.39 is 5.97 Å². The van der Waals surface area contributed by atoms with Crippen LogP contribution in [0.3, 0.4) is 0 Å². The number of aromatic carboxylic acids is 1. The van der Waals surface area contributed by atoms with E-state index >= 15 is 0 Å². The van der Waals surface area contributed by atoms with Crippen molar-refractivity contribution in [2.75, 3.05) is 6.61 Å². The number of carbonyl (C=O) groups is 1. The van der Waals surface area contributed by atoms with E-state index in [2.05, 4.69) is 10.1 Å². The van der Waals surface area contributed by atoms with Crippen molar-refractivity contribution in [3.8, 4) is 11.4 Å². The fraction of sp³-hybridized carbons (Fsp3) is 0.357. The van der Waals surface area contributed by atoms with Gasteiger partial charge >= 0.3 is 5.97 Å². The molecule has 1 aliphatic rings. The van der Waals surface area contributed by atoms with Gasteiger partial charge < -0.3 is 9.84 Å². The van der Waals surface area contributed by atoms with Crippen LogP contribution in [-0.2, 0) is 0 Å². The lowest BCUT2D eigenvalue weighted by molar-refractivity contribution is 0.0683. The van der Waals surface area contributed by atoms with Gasteiger partial charge in [-0.1, -0.05) is 6.07 Å². The summed E-state index contributed by atoms with van der Waals surface area (Å²) in [7, 11) is 0. The van der Waals surface area contributed by atoms with Crippen LogP contribution >= 0.6 is 0 Å². The molecule has 1 saturated carbocycles. The third kappa shape index (κ3) is 2.36. The number of rotatable bonds is 5. The second-order valence-corrected chi connectivity index (χ2v) is 4.72. The lowest BCUT2D eigenvalue weighted by Gasteiger charge is -2.07. The Morgan fingerprint density at radius 3 is 2.95 bits per heavy atom. The lowest BCUT2D eigenvalue weighted by atomic mass is 10.3. The standard InChI is InChI=1S/C14H15N3O3/c1-2-20-11-5-3-4-10(8-11)17-13(9-6-7-9)15-12(16-17)14(18)19/h3-5,8-9H,2,6-7H2,1H3,(H,18,19). The van der Waals surface area contributed by atoms with Gasteiger partial charge in [-0.25, -0.2) is 14.5 Å². The highest BCUT2D eigenvalue weighted by atomic mass is 16.5. The predicted molar refractivity (Wildman–Crippen MR) is 71.5 cm³/mol. The first-order valence-electron chi connectivity index (χ1n) is 6.62. The van der Waals surface area contributed by atoms with E-state index in [1.54, 1.807) is 4.68 Å². The van der Waals surface area contributed by atoms with E-state index in [1.807, 2.05) is 31.2 Å². The van der Waals surface area contributed by atoms with E-state index in [0.717, 1.165) is 30.1 Å². The Balaban J connectivity index is 2.03. The summed E-state index contributed by atoms with van der Waals surface area (Å²) < 4.78 is 7.08. The molecule has 0 atom stereocenters. The summed E-state index contributed by atoms with van der Waals surface area (Å²) in [5, 5.41) is 13.1. The minimum absolute atomic E-state index is 0.159. The van der Waals surface area contributed by atoms with Crippen molar-refractivity contribution in [2.24, 2.45) is 0 Å². The third-order valence-corrected chi connectivity index (χ3v) is 3.14. The van der Waals surface area contributed by atoms with Gasteiger partial charge in [0.1, 0.15) is 11.6 Å². The summed E-state index contributed by atoms with van der Waals surface area (Å²) in [6.45, 7) is 2.50. The van der Waals surface area contributed by atoms with Gasteiger partial charge in [-0.15, -0.1) is 5.10 Å². The van der Waals surface area contributed by atoms with E-state index in [4.69, 9.17) is 9.84 Å². The Bertz CT molecular complexity index is 647. The fourth-order valence-electron chi connectivity index (χ4n) is 2.08. The molecule has 2 aromatic rings. The smallest absolute Gasteiger partial charge is 0.375 e. The second-order valence-electron chi connectivity index (χ2n) is 4.72. The molecule has 0 saturated heterocycles. The molecule has 0 aliphatic heterocycles. The van der Waals surface area contributed by atoms with Gasteiger partial charge in [0.2, 0.25) is 0 Å². The maximum Gasteiger partial charge on any atom is 0.375 e. The Morgan fingerprint density at radius 1 is 1.50 bits per heavy atom. The molecule has 1 N–H and O–H groups in total. The number of carboxylic acid groups (broad SMARTS) is 1. The molecule has 1 fully saturated rings. The molecule has 6 heteroatoms. The van der Waals surface area contributed by atoms with Crippen molar-refractivity contribution in [1.82, 2.24) is 14.8 Å². The molecule has 0 spiro atoms. The summed E-state index contributed by atoms with van der Waals surface area (Å²) in [5.41, 5.74) is 0.776. The van der Waals surface area contributed by atoms with Crippen LogP contribution in [0.1, 0.15) is 42.1 Å². The molecular weight excluding hydrogens is 258 g/mol. The van der Waals surface area contributed by atoms with Crippen molar-refractivity contribution in [1.29, 1.82) is 0 Å². The summed E-state index contributed by atoms with van der Waals surface area (Å²) in [6.07, 6.45) is 2.06. The predicted octanol–water partition coefficient (Wildman–Crippen LogP) is 2.24. The number of benzene rings is 1. The van der Waals surface area contributed by atoms with Crippen LogP contribution in [0.25, 0.3) is 5.69 Å². The molecule has 0 bridgehead atoms. The minimum Gasteiger partial charge on any atom is -0.494 e. The molecule has 104 valence electrons. The number of aromatic nitrogens is 3. The molecule has 6 nitrogen and oxygen atoms in total. The highest BCUT2D eigenvalue weighted by Gasteiger charge is 2.31. The zero-order chi connectivity index (χ0) is 14.1. The van der Waals surface area contributed by atoms with Gasteiger partial charge in [-0.3, -0.25) is 0 Å². The molecular formula is C14H15N3O3. The Labute approximate surface area is 116 Å². The van der Waals surface area contributed by atoms with Crippen LogP contribution < -0.4 is 4.74 Å². The van der Waals surface area contributed by atoms with Crippen LogP contribution in [-0.4, -0.2) is 32.4 Å². The second kappa shape index (κ2) is 4.96. The number of hydrogen-bond donors (Lipinski definition) is 1. The van der Waals surface area contributed by atoms with E-state index in [-0.39, 0.29) is 5.82 Å². The van der Waals surface area contributed by atoms with Crippen molar-refractivity contribution >= 4 is 5.97 Å². The van der Waals surface area contributed by atoms with Crippen molar-refractivity contribution in [2.45, 2.75) is 25.7 Å². The van der Waals surface area contributed by atoms with Gasteiger partial charge in [0.15, 0.2) is 0 Å². The van der Waals surface area contributed by atoms with Crippen LogP contribution in [0, 0.1) is 0 Å². The molecule has 0 amide bonds. The Morgan fingerprint density at radius 2 is 2.30 bits per heavy atom. The van der Waals surface area contributed by atoms with E-state index in [1.165, 1.54) is 0 Å². The lowest BCUT2D eigenvalue weighted by Crippen LogP contribution is -2.04. The Hall–Kier alpha value is -2.37. The fourth-order valence-corrected chi connectivity index (χ4v) is 2.08. The van der Waals surface area contributed by atoms with Crippen LogP contribution in [0.2, 0.25) is 0 Å². The maximum atomic E-state index is 11.0. The first-order valence-corrected chi connectivity index (χ1v) is 6.62. The number of ether oxygens (including phenoxy) is 1. The van der Waals surface area contributed by atoms with E-state index in [9.17, 15) is 4.79 Å². The van der Waals surface area contributed by atoms with Gasteiger partial charge in [0.05, 0.1) is 12.3 Å². The van der Waals surface area contributed by atoms with Crippen LogP contribution in [0.4, 0.5) is 0 Å². The SMILES string of the molecule is CCOc1cccc(-n2nc(C(=O)O)nc2C2CC2)c1. The summed E-state index contributed by atoms with van der Waals surface area (Å²) >= 11 is 0. The zero-order valence-electron chi connectivity index (χ0n) is 11.1. The Kier molecular flexibility index (Phi) is 3.14. The monoisotopic (exact) mass is 273 g/mol. The molecule has 1 aliphatic carbocycles. The maximum absolute atomic E-state index is 11.0. The van der Waals surface area contributed by atoms with Gasteiger partial charge in [-0.05, 0) is 31.9 Å². The molecule has 0 radical (unpaired) electrons. The average Bonchev–Trinajstić information content (AvgIpc) is 3.18. The molecule has 1 aromatic heterocycles. The molecule has 1 heterocycles. The molecule has 0 unspecified atom stereocenters. The first-order chi connectivity index (χ1) is 9.69. The van der Waals surface area contributed by atoms with E-state index in [0.29, 0.717) is 12.5 Å². The minimum atomic E-state index is -1.10. The van der Waals surface area contributed by atoms with Crippen LogP contribution in [0.15, 0.2) is 24.3 Å². The third-order valence-electron chi connectivity index (χ3n) is 3.14. The molecule has 20 heavy (non-hydrogen) atoms. The quantitative estimate of drug-likeness (QED) is 0.904. The number of nitrogens with zero attached hydrogens (tertiary/aromatic N) is 3. The van der Waals surface area contributed by atoms with Crippen molar-refractivity contribution in [3.05, 3.63) is 35.9 Å². The largest absolute Gasteiger partial charge is 0.494 e.